The molecule has 0 fully saturated rings. The maximum absolute atomic E-state index is 12.7. The zero-order chi connectivity index (χ0) is 16.4. The first kappa shape index (κ1) is 16.0. The molecule has 0 atom stereocenters. The summed E-state index contributed by atoms with van der Waals surface area (Å²) in [5.74, 6) is -0.164. The molecule has 3 rings (SSSR count). The Morgan fingerprint density at radius 1 is 1.43 bits per heavy atom. The molecule has 3 aromatic heterocycles. The van der Waals surface area contributed by atoms with E-state index in [1.807, 2.05) is 19.1 Å². The molecule has 1 amide bonds. The Labute approximate surface area is 145 Å². The van der Waals surface area contributed by atoms with Crippen molar-refractivity contribution in [2.45, 2.75) is 13.8 Å². The molecule has 0 unspecified atom stereocenters. The molecule has 0 radical (unpaired) electrons. The van der Waals surface area contributed by atoms with Crippen LogP contribution in [0.3, 0.4) is 0 Å². The van der Waals surface area contributed by atoms with E-state index < -0.39 is 0 Å². The van der Waals surface area contributed by atoms with E-state index in [2.05, 4.69) is 19.6 Å². The Balaban J connectivity index is 1.98. The number of carbonyl (C=O) groups excluding carboxylic acids is 1. The molecule has 23 heavy (non-hydrogen) atoms. The Kier molecular flexibility index (Phi) is 4.65. The average Bonchev–Trinajstić information content (AvgIpc) is 3.15. The summed E-state index contributed by atoms with van der Waals surface area (Å²) in [6, 6.07) is 3.74. The highest BCUT2D eigenvalue weighted by atomic mass is 35.5. The molecule has 0 aromatic carbocycles. The summed E-state index contributed by atoms with van der Waals surface area (Å²) < 4.78 is 3.82. The Morgan fingerprint density at radius 3 is 2.87 bits per heavy atom. The second-order valence-electron chi connectivity index (χ2n) is 4.59. The van der Waals surface area contributed by atoms with Gasteiger partial charge >= 0.3 is 0 Å². The maximum Gasteiger partial charge on any atom is 0.272 e. The van der Waals surface area contributed by atoms with E-state index in [9.17, 15) is 4.79 Å². The molecule has 3 aromatic rings. The molecule has 0 bridgehead atoms. The summed E-state index contributed by atoms with van der Waals surface area (Å²) >= 11 is 8.72. The lowest BCUT2D eigenvalue weighted by atomic mass is 10.3. The van der Waals surface area contributed by atoms with Crippen molar-refractivity contribution in [1.29, 1.82) is 0 Å². The predicted molar refractivity (Wildman–Crippen MR) is 92.4 cm³/mol. The normalized spacial score (nSPS) is 10.7. The Hall–Kier alpha value is -1.90. The predicted octanol–water partition coefficient (Wildman–Crippen LogP) is 3.69. The molecule has 0 aliphatic heterocycles. The number of amides is 1. The SMILES string of the molecule is CCN(C(=O)c1snnc1C)c1sc(-c2cccnc2)nc1Cl. The number of hydrogen-bond donors (Lipinski definition) is 0. The van der Waals surface area contributed by atoms with Gasteiger partial charge in [0.1, 0.15) is 14.9 Å². The van der Waals surface area contributed by atoms with Crippen molar-refractivity contribution in [2.24, 2.45) is 0 Å². The number of rotatable bonds is 4. The van der Waals surface area contributed by atoms with Crippen LogP contribution in [-0.4, -0.2) is 32.0 Å². The lowest BCUT2D eigenvalue weighted by Crippen LogP contribution is -2.30. The smallest absolute Gasteiger partial charge is 0.272 e. The summed E-state index contributed by atoms with van der Waals surface area (Å²) in [6.07, 6.45) is 3.41. The summed E-state index contributed by atoms with van der Waals surface area (Å²) in [5, 5.41) is 5.54. The van der Waals surface area contributed by atoms with Gasteiger partial charge in [0, 0.05) is 24.5 Å². The van der Waals surface area contributed by atoms with Gasteiger partial charge in [0.2, 0.25) is 0 Å². The van der Waals surface area contributed by atoms with Crippen LogP contribution in [0.1, 0.15) is 22.3 Å². The van der Waals surface area contributed by atoms with Crippen LogP contribution in [0, 0.1) is 6.92 Å². The van der Waals surface area contributed by atoms with Crippen molar-refractivity contribution in [2.75, 3.05) is 11.4 Å². The van der Waals surface area contributed by atoms with Gasteiger partial charge in [-0.1, -0.05) is 27.4 Å². The minimum absolute atomic E-state index is 0.164. The van der Waals surface area contributed by atoms with E-state index in [1.54, 1.807) is 24.2 Å². The van der Waals surface area contributed by atoms with Gasteiger partial charge in [-0.15, -0.1) is 5.10 Å². The number of carbonyl (C=O) groups is 1. The largest absolute Gasteiger partial charge is 0.297 e. The van der Waals surface area contributed by atoms with Gasteiger partial charge in [-0.3, -0.25) is 14.7 Å². The van der Waals surface area contributed by atoms with Crippen LogP contribution < -0.4 is 4.90 Å². The fourth-order valence-electron chi connectivity index (χ4n) is 2.00. The van der Waals surface area contributed by atoms with Crippen LogP contribution in [0.5, 0.6) is 0 Å². The van der Waals surface area contributed by atoms with Gasteiger partial charge < -0.3 is 0 Å². The standard InChI is InChI=1S/C14H12ClN5OS2/c1-3-20(13(21)10-8(2)18-19-23-10)14-11(15)17-12(22-14)9-5-4-6-16-7-9/h4-7H,3H2,1-2H3. The zero-order valence-corrected chi connectivity index (χ0v) is 14.7. The van der Waals surface area contributed by atoms with E-state index in [4.69, 9.17) is 11.6 Å². The molecule has 3 heterocycles. The van der Waals surface area contributed by atoms with Gasteiger partial charge in [-0.05, 0) is 37.5 Å². The lowest BCUT2D eigenvalue weighted by Gasteiger charge is -2.17. The number of nitrogens with zero attached hydrogens (tertiary/aromatic N) is 5. The number of aryl methyl sites for hydroxylation is 1. The van der Waals surface area contributed by atoms with Crippen molar-refractivity contribution in [1.82, 2.24) is 19.6 Å². The number of aromatic nitrogens is 4. The van der Waals surface area contributed by atoms with Crippen molar-refractivity contribution >= 4 is 45.4 Å². The van der Waals surface area contributed by atoms with Gasteiger partial charge in [-0.25, -0.2) is 4.98 Å². The maximum atomic E-state index is 12.7. The number of thiazole rings is 1. The van der Waals surface area contributed by atoms with E-state index in [-0.39, 0.29) is 5.91 Å². The average molecular weight is 366 g/mol. The summed E-state index contributed by atoms with van der Waals surface area (Å²) in [4.78, 5) is 23.3. The van der Waals surface area contributed by atoms with E-state index in [1.165, 1.54) is 11.3 Å². The highest BCUT2D eigenvalue weighted by Crippen LogP contribution is 2.38. The van der Waals surface area contributed by atoms with E-state index in [0.29, 0.717) is 27.3 Å². The third-order valence-electron chi connectivity index (χ3n) is 3.13. The van der Waals surface area contributed by atoms with Crippen LogP contribution in [0.25, 0.3) is 10.6 Å². The van der Waals surface area contributed by atoms with Crippen molar-refractivity contribution < 1.29 is 4.79 Å². The second kappa shape index (κ2) is 6.69. The highest BCUT2D eigenvalue weighted by molar-refractivity contribution is 7.20. The topological polar surface area (TPSA) is 71.9 Å². The third kappa shape index (κ3) is 3.10. The molecular formula is C14H12ClN5OS2. The first-order valence-electron chi connectivity index (χ1n) is 6.79. The fourth-order valence-corrected chi connectivity index (χ4v) is 3.97. The molecule has 0 aliphatic rings. The van der Waals surface area contributed by atoms with Crippen LogP contribution in [0.2, 0.25) is 5.15 Å². The molecule has 0 saturated carbocycles. The van der Waals surface area contributed by atoms with Gasteiger partial charge in [0.15, 0.2) is 5.15 Å². The van der Waals surface area contributed by atoms with Crippen LogP contribution in [0.15, 0.2) is 24.5 Å². The van der Waals surface area contributed by atoms with Crippen molar-refractivity contribution in [3.8, 4) is 10.6 Å². The minimum Gasteiger partial charge on any atom is -0.297 e. The molecule has 6 nitrogen and oxygen atoms in total. The number of anilines is 1. The van der Waals surface area contributed by atoms with Crippen molar-refractivity contribution in [3.63, 3.8) is 0 Å². The Bertz CT molecular complexity index is 833. The summed E-state index contributed by atoms with van der Waals surface area (Å²) in [5.41, 5.74) is 1.48. The third-order valence-corrected chi connectivity index (χ3v) is 5.45. The second-order valence-corrected chi connectivity index (χ2v) is 6.68. The quantitative estimate of drug-likeness (QED) is 0.705. The molecule has 0 saturated heterocycles. The molecular weight excluding hydrogens is 354 g/mol. The van der Waals surface area contributed by atoms with Gasteiger partial charge in [0.05, 0.1) is 5.69 Å². The highest BCUT2D eigenvalue weighted by Gasteiger charge is 2.25. The minimum atomic E-state index is -0.164. The lowest BCUT2D eigenvalue weighted by molar-refractivity contribution is 0.0992. The van der Waals surface area contributed by atoms with Gasteiger partial charge in [0.25, 0.3) is 5.91 Å². The number of hydrogen-bond acceptors (Lipinski definition) is 7. The summed E-state index contributed by atoms with van der Waals surface area (Å²) in [7, 11) is 0. The first-order chi connectivity index (χ1) is 11.1. The van der Waals surface area contributed by atoms with E-state index in [0.717, 1.165) is 22.1 Å². The number of pyridine rings is 1. The molecule has 0 aliphatic carbocycles. The molecule has 118 valence electrons. The zero-order valence-electron chi connectivity index (χ0n) is 12.4. The molecule has 0 N–H and O–H groups in total. The van der Waals surface area contributed by atoms with E-state index >= 15 is 0 Å². The monoisotopic (exact) mass is 365 g/mol. The fraction of sp³-hybridized carbons (Fsp3) is 0.214. The van der Waals surface area contributed by atoms with Gasteiger partial charge in [-0.2, -0.15) is 0 Å². The number of halogens is 1. The van der Waals surface area contributed by atoms with Crippen molar-refractivity contribution in [3.05, 3.63) is 40.3 Å². The first-order valence-corrected chi connectivity index (χ1v) is 8.76. The van der Waals surface area contributed by atoms with Crippen LogP contribution in [0.4, 0.5) is 5.00 Å². The molecule has 9 heteroatoms. The summed E-state index contributed by atoms with van der Waals surface area (Å²) in [6.45, 7) is 4.13. The van der Waals surface area contributed by atoms with Crippen LogP contribution >= 0.6 is 34.5 Å². The van der Waals surface area contributed by atoms with Crippen LogP contribution in [-0.2, 0) is 0 Å². The Morgan fingerprint density at radius 2 is 2.26 bits per heavy atom. The molecule has 0 spiro atoms.